The second-order valence-corrected chi connectivity index (χ2v) is 8.78. The number of likely N-dealkylation sites (N-methyl/N-ethyl adjacent to an activating group) is 1. The van der Waals surface area contributed by atoms with E-state index in [0.717, 1.165) is 5.56 Å². The number of ether oxygens (including phenoxy) is 1. The molecule has 2 amide bonds. The van der Waals surface area contributed by atoms with Crippen LogP contribution in [0.1, 0.15) is 33.3 Å². The molecule has 0 spiro atoms. The molecule has 29 heavy (non-hydrogen) atoms. The van der Waals surface area contributed by atoms with E-state index in [9.17, 15) is 14.2 Å². The van der Waals surface area contributed by atoms with Crippen molar-refractivity contribution in [2.75, 3.05) is 20.1 Å². The summed E-state index contributed by atoms with van der Waals surface area (Å²) in [5.41, 5.74) is 0.0131. The van der Waals surface area contributed by atoms with Gasteiger partial charge in [-0.25, -0.2) is 9.36 Å². The smallest absolute Gasteiger partial charge is 0.418 e. The van der Waals surface area contributed by atoms with Gasteiger partial charge in [0, 0.05) is 13.1 Å². The van der Waals surface area contributed by atoms with Gasteiger partial charge in [-0.15, -0.1) is 0 Å². The molecule has 0 saturated heterocycles. The van der Waals surface area contributed by atoms with Crippen LogP contribution in [-0.2, 0) is 25.0 Å². The lowest BCUT2D eigenvalue weighted by Crippen LogP contribution is -2.48. The van der Waals surface area contributed by atoms with Crippen LogP contribution in [0.15, 0.2) is 30.3 Å². The summed E-state index contributed by atoms with van der Waals surface area (Å²) in [6, 6.07) is 8.79. The molecule has 3 N–H and O–H groups in total. The number of nitrogens with one attached hydrogen (secondary N) is 3. The Balaban J connectivity index is 2.61. The molecule has 0 radical (unpaired) electrons. The van der Waals surface area contributed by atoms with Gasteiger partial charge in [0.25, 0.3) is 0 Å². The number of carbonyl (C=O) groups is 2. The topological polar surface area (TPSA) is 115 Å². The molecule has 0 bridgehead atoms. The molecule has 164 valence electrons. The number of benzene rings is 1. The largest absolute Gasteiger partial charge is 0.445 e. The monoisotopic (exact) mass is 429 g/mol. The van der Waals surface area contributed by atoms with Gasteiger partial charge in [-0.05, 0) is 40.3 Å². The Morgan fingerprint density at radius 2 is 1.59 bits per heavy atom. The van der Waals surface area contributed by atoms with Crippen LogP contribution in [0.2, 0.25) is 0 Å². The van der Waals surface area contributed by atoms with Gasteiger partial charge < -0.3 is 20.7 Å². The zero-order chi connectivity index (χ0) is 21.9. The van der Waals surface area contributed by atoms with Gasteiger partial charge in [0.05, 0.1) is 18.2 Å². The van der Waals surface area contributed by atoms with Gasteiger partial charge in [-0.2, -0.15) is 0 Å². The molecule has 0 aliphatic rings. The number of rotatable bonds is 12. The van der Waals surface area contributed by atoms with E-state index in [4.69, 9.17) is 13.8 Å². The molecular formula is C19H32N3O6P. The summed E-state index contributed by atoms with van der Waals surface area (Å²) in [6.45, 7) is 7.17. The van der Waals surface area contributed by atoms with E-state index >= 15 is 0 Å². The molecule has 1 aromatic carbocycles. The maximum Gasteiger partial charge on any atom is 0.418 e. The lowest BCUT2D eigenvalue weighted by molar-refractivity contribution is 0.135. The van der Waals surface area contributed by atoms with Crippen molar-refractivity contribution in [3.63, 3.8) is 0 Å². The first-order valence-corrected chi connectivity index (χ1v) is 11.1. The quantitative estimate of drug-likeness (QED) is 0.437. The van der Waals surface area contributed by atoms with Crippen LogP contribution in [0.25, 0.3) is 0 Å². The molecule has 0 aromatic heterocycles. The molecule has 0 heterocycles. The summed E-state index contributed by atoms with van der Waals surface area (Å²) >= 11 is 0. The Kier molecular flexibility index (Phi) is 10.9. The van der Waals surface area contributed by atoms with Crippen LogP contribution in [0, 0.1) is 0 Å². The van der Waals surface area contributed by atoms with E-state index in [1.54, 1.807) is 34.7 Å². The second-order valence-electron chi connectivity index (χ2n) is 6.95. The predicted octanol–water partition coefficient (Wildman–Crippen LogP) is 3.25. The third kappa shape index (κ3) is 9.89. The van der Waals surface area contributed by atoms with E-state index in [-0.39, 0.29) is 13.2 Å². The van der Waals surface area contributed by atoms with Crippen LogP contribution in [0.5, 0.6) is 0 Å². The van der Waals surface area contributed by atoms with Crippen LogP contribution in [0.3, 0.4) is 0 Å². The fourth-order valence-electron chi connectivity index (χ4n) is 2.34. The van der Waals surface area contributed by atoms with Gasteiger partial charge in [0.1, 0.15) is 6.61 Å². The molecule has 1 rings (SSSR count). The SMILES string of the molecule is CNC[C@@H](CNC(=O)P(=O)(OC(C)C)OC(C)C)NC(=O)OCc1ccccc1. The fourth-order valence-corrected chi connectivity index (χ4v) is 3.97. The molecule has 0 aliphatic carbocycles. The molecule has 10 heteroatoms. The van der Waals surface area contributed by atoms with Crippen LogP contribution < -0.4 is 16.0 Å². The van der Waals surface area contributed by atoms with E-state index in [1.807, 2.05) is 30.3 Å². The highest BCUT2D eigenvalue weighted by Crippen LogP contribution is 2.51. The number of amides is 2. The van der Waals surface area contributed by atoms with Crippen molar-refractivity contribution in [1.82, 2.24) is 16.0 Å². The third-order valence-electron chi connectivity index (χ3n) is 3.43. The average Bonchev–Trinajstić information content (AvgIpc) is 2.63. The normalized spacial score (nSPS) is 12.7. The van der Waals surface area contributed by atoms with Gasteiger partial charge in [0.15, 0.2) is 0 Å². The molecule has 1 aromatic rings. The van der Waals surface area contributed by atoms with Crippen LogP contribution in [-0.4, -0.2) is 50.1 Å². The van der Waals surface area contributed by atoms with Crippen molar-refractivity contribution in [2.24, 2.45) is 0 Å². The van der Waals surface area contributed by atoms with Gasteiger partial charge in [0.2, 0.25) is 0 Å². The zero-order valence-electron chi connectivity index (χ0n) is 17.6. The first-order chi connectivity index (χ1) is 13.7. The van der Waals surface area contributed by atoms with Gasteiger partial charge in [-0.3, -0.25) is 13.8 Å². The molecule has 0 unspecified atom stereocenters. The molecule has 0 saturated carbocycles. The third-order valence-corrected chi connectivity index (χ3v) is 5.49. The first kappa shape index (κ1) is 25.1. The predicted molar refractivity (Wildman–Crippen MR) is 111 cm³/mol. The minimum Gasteiger partial charge on any atom is -0.445 e. The van der Waals surface area contributed by atoms with Crippen molar-refractivity contribution in [3.8, 4) is 0 Å². The Hall–Kier alpha value is -1.93. The molecular weight excluding hydrogens is 397 g/mol. The number of alkyl carbamates (subject to hydrolysis) is 1. The lowest BCUT2D eigenvalue weighted by atomic mass is 10.2. The van der Waals surface area contributed by atoms with E-state index in [1.165, 1.54) is 0 Å². The van der Waals surface area contributed by atoms with Gasteiger partial charge in [-0.1, -0.05) is 30.3 Å². The van der Waals surface area contributed by atoms with E-state index < -0.39 is 37.6 Å². The second kappa shape index (κ2) is 12.6. The number of hydrogen-bond donors (Lipinski definition) is 3. The Bertz CT molecular complexity index is 670. The highest BCUT2D eigenvalue weighted by molar-refractivity contribution is 7.71. The average molecular weight is 429 g/mol. The summed E-state index contributed by atoms with van der Waals surface area (Å²) in [7, 11) is -2.29. The summed E-state index contributed by atoms with van der Waals surface area (Å²) in [6.07, 6.45) is -1.53. The maximum absolute atomic E-state index is 12.8. The highest BCUT2D eigenvalue weighted by Gasteiger charge is 2.37. The first-order valence-electron chi connectivity index (χ1n) is 9.53. The zero-order valence-corrected chi connectivity index (χ0v) is 18.5. The Morgan fingerprint density at radius 1 is 1.00 bits per heavy atom. The van der Waals surface area contributed by atoms with Crippen molar-refractivity contribution in [1.29, 1.82) is 0 Å². The highest BCUT2D eigenvalue weighted by atomic mass is 31.2. The number of hydrogen-bond acceptors (Lipinski definition) is 7. The summed E-state index contributed by atoms with van der Waals surface area (Å²) in [5, 5.41) is 8.12. The van der Waals surface area contributed by atoms with Crippen molar-refractivity contribution < 1.29 is 27.9 Å². The maximum atomic E-state index is 12.8. The Labute approximate surface area is 172 Å². The lowest BCUT2D eigenvalue weighted by Gasteiger charge is -2.23. The van der Waals surface area contributed by atoms with E-state index in [0.29, 0.717) is 6.54 Å². The van der Waals surface area contributed by atoms with Crippen molar-refractivity contribution in [3.05, 3.63) is 35.9 Å². The molecule has 0 fully saturated rings. The summed E-state index contributed by atoms with van der Waals surface area (Å²) < 4.78 is 28.5. The number of carbonyl (C=O) groups excluding carboxylic acids is 2. The van der Waals surface area contributed by atoms with E-state index in [2.05, 4.69) is 16.0 Å². The minimum atomic E-state index is -4.00. The summed E-state index contributed by atoms with van der Waals surface area (Å²) in [4.78, 5) is 24.5. The van der Waals surface area contributed by atoms with Gasteiger partial charge >= 0.3 is 19.3 Å². The summed E-state index contributed by atoms with van der Waals surface area (Å²) in [5.74, 6) is 0. The molecule has 0 aliphatic heterocycles. The van der Waals surface area contributed by atoms with Crippen LogP contribution >= 0.6 is 7.60 Å². The molecule has 9 nitrogen and oxygen atoms in total. The van der Waals surface area contributed by atoms with Crippen molar-refractivity contribution in [2.45, 2.75) is 52.6 Å². The minimum absolute atomic E-state index is 0.0208. The standard InChI is InChI=1S/C19H32N3O6P/c1-14(2)27-29(25,28-15(3)4)19(24)21-12-17(11-20-5)22-18(23)26-13-16-9-7-6-8-10-16/h6-10,14-15,17,20H,11-13H2,1-5H3,(H,21,24)(H,22,23)/t17-/m0/s1. The molecule has 1 atom stereocenters. The fraction of sp³-hybridized carbons (Fsp3) is 0.579. The van der Waals surface area contributed by atoms with Crippen LogP contribution in [0.4, 0.5) is 9.59 Å². The Morgan fingerprint density at radius 3 is 2.10 bits per heavy atom. The van der Waals surface area contributed by atoms with Crippen molar-refractivity contribution >= 4 is 19.3 Å².